The van der Waals surface area contributed by atoms with E-state index in [1.54, 1.807) is 6.20 Å². The average molecular weight is 363 g/mol. The highest BCUT2D eigenvalue weighted by Crippen LogP contribution is 2.39. The summed E-state index contributed by atoms with van der Waals surface area (Å²) in [6, 6.07) is 14.4. The third-order valence-electron chi connectivity index (χ3n) is 4.85. The minimum Gasteiger partial charge on any atom is -0.352 e. The van der Waals surface area contributed by atoms with E-state index >= 15 is 0 Å². The van der Waals surface area contributed by atoms with E-state index in [4.69, 9.17) is 12.2 Å². The molecule has 132 valence electrons. The first-order chi connectivity index (χ1) is 12.7. The van der Waals surface area contributed by atoms with E-state index in [-0.39, 0.29) is 12.1 Å². The van der Waals surface area contributed by atoms with Crippen molar-refractivity contribution in [3.63, 3.8) is 0 Å². The first kappa shape index (κ1) is 16.7. The number of pyridine rings is 2. The van der Waals surface area contributed by atoms with Crippen molar-refractivity contribution in [1.29, 1.82) is 0 Å². The van der Waals surface area contributed by atoms with Crippen molar-refractivity contribution in [2.45, 2.75) is 25.9 Å². The number of rotatable bonds is 4. The van der Waals surface area contributed by atoms with Crippen LogP contribution in [0.5, 0.6) is 0 Å². The lowest BCUT2D eigenvalue weighted by Crippen LogP contribution is -2.30. The smallest absolute Gasteiger partial charge is 0.170 e. The summed E-state index contributed by atoms with van der Waals surface area (Å²) < 4.78 is 2.26. The molecule has 1 fully saturated rings. The van der Waals surface area contributed by atoms with E-state index in [9.17, 15) is 0 Å². The van der Waals surface area contributed by atoms with Crippen molar-refractivity contribution in [3.8, 4) is 5.69 Å². The highest BCUT2D eigenvalue weighted by atomic mass is 32.1. The van der Waals surface area contributed by atoms with Crippen LogP contribution in [0, 0.1) is 6.92 Å². The van der Waals surface area contributed by atoms with Gasteiger partial charge in [-0.2, -0.15) is 0 Å². The molecule has 0 unspecified atom stereocenters. The van der Waals surface area contributed by atoms with Crippen molar-refractivity contribution >= 4 is 17.3 Å². The SMILES string of the molecule is CCN1C(=S)N[C@H](c2ccccn2)[C@H]1c1ccc(C)n1-c1cccnc1. The van der Waals surface area contributed by atoms with E-state index < -0.39 is 0 Å². The van der Waals surface area contributed by atoms with Crippen molar-refractivity contribution < 1.29 is 0 Å². The molecule has 0 bridgehead atoms. The molecule has 1 aliphatic heterocycles. The monoisotopic (exact) mass is 363 g/mol. The average Bonchev–Trinajstić information content (AvgIpc) is 3.22. The molecular formula is C20H21N5S. The number of aryl methyl sites for hydroxylation is 1. The summed E-state index contributed by atoms with van der Waals surface area (Å²) >= 11 is 5.63. The number of nitrogens with zero attached hydrogens (tertiary/aromatic N) is 4. The van der Waals surface area contributed by atoms with Crippen LogP contribution in [0.15, 0.2) is 61.1 Å². The number of likely N-dealkylation sites (N-methyl/N-ethyl adjacent to an activating group) is 1. The first-order valence-corrected chi connectivity index (χ1v) is 9.18. The summed E-state index contributed by atoms with van der Waals surface area (Å²) in [5, 5.41) is 4.24. The van der Waals surface area contributed by atoms with Crippen LogP contribution in [0.1, 0.15) is 36.1 Å². The summed E-state index contributed by atoms with van der Waals surface area (Å²) in [5.74, 6) is 0. The Hall–Kier alpha value is -2.73. The van der Waals surface area contributed by atoms with E-state index in [0.717, 1.165) is 23.0 Å². The number of aromatic nitrogens is 3. The van der Waals surface area contributed by atoms with Crippen molar-refractivity contribution in [3.05, 3.63) is 78.1 Å². The molecule has 6 heteroatoms. The second kappa shape index (κ2) is 6.88. The minimum absolute atomic E-state index is 0.00775. The van der Waals surface area contributed by atoms with Gasteiger partial charge in [-0.1, -0.05) is 6.07 Å². The van der Waals surface area contributed by atoms with Gasteiger partial charge in [-0.05, 0) is 62.5 Å². The van der Waals surface area contributed by atoms with Crippen molar-refractivity contribution in [1.82, 2.24) is 24.8 Å². The second-order valence-corrected chi connectivity index (χ2v) is 6.75. The maximum atomic E-state index is 5.63. The minimum atomic E-state index is 0.00775. The van der Waals surface area contributed by atoms with Gasteiger partial charge in [-0.25, -0.2) is 0 Å². The van der Waals surface area contributed by atoms with E-state index in [2.05, 4.69) is 62.9 Å². The standard InChI is InChI=1S/C20H21N5S/c1-3-24-19(18(23-20(24)26)16-8-4-5-12-22-16)17-10-9-14(2)25(17)15-7-6-11-21-13-15/h4-13,18-19H,3H2,1-2H3,(H,23,26)/t18-,19-/m1/s1. The lowest BCUT2D eigenvalue weighted by atomic mass is 10.0. The Bertz CT molecular complexity index is 906. The largest absolute Gasteiger partial charge is 0.352 e. The molecule has 0 radical (unpaired) electrons. The fraction of sp³-hybridized carbons (Fsp3) is 0.250. The Morgan fingerprint density at radius 2 is 2.00 bits per heavy atom. The van der Waals surface area contributed by atoms with E-state index in [1.807, 2.05) is 30.6 Å². The molecule has 0 amide bonds. The topological polar surface area (TPSA) is 46.0 Å². The fourth-order valence-corrected chi connectivity index (χ4v) is 4.07. The summed E-state index contributed by atoms with van der Waals surface area (Å²) in [6.45, 7) is 5.08. The molecule has 0 aromatic carbocycles. The predicted molar refractivity (Wildman–Crippen MR) is 106 cm³/mol. The zero-order valence-electron chi connectivity index (χ0n) is 14.8. The van der Waals surface area contributed by atoms with E-state index in [0.29, 0.717) is 0 Å². The van der Waals surface area contributed by atoms with Gasteiger partial charge in [-0.3, -0.25) is 9.97 Å². The van der Waals surface area contributed by atoms with Crippen molar-refractivity contribution in [2.75, 3.05) is 6.54 Å². The summed E-state index contributed by atoms with van der Waals surface area (Å²) in [7, 11) is 0. The quantitative estimate of drug-likeness (QED) is 0.718. The molecule has 4 rings (SSSR count). The molecule has 26 heavy (non-hydrogen) atoms. The maximum Gasteiger partial charge on any atom is 0.170 e. The van der Waals surface area contributed by atoms with Gasteiger partial charge in [-0.15, -0.1) is 0 Å². The Labute approximate surface area is 158 Å². The molecule has 3 aromatic heterocycles. The number of nitrogens with one attached hydrogen (secondary N) is 1. The van der Waals surface area contributed by atoms with Gasteiger partial charge >= 0.3 is 0 Å². The third kappa shape index (κ3) is 2.76. The highest BCUT2D eigenvalue weighted by Gasteiger charge is 2.40. The Morgan fingerprint density at radius 1 is 1.12 bits per heavy atom. The van der Waals surface area contributed by atoms with Crippen LogP contribution in [0.4, 0.5) is 0 Å². The van der Waals surface area contributed by atoms with Crippen LogP contribution in [0.25, 0.3) is 5.69 Å². The summed E-state index contributed by atoms with van der Waals surface area (Å²) in [4.78, 5) is 11.1. The van der Waals surface area contributed by atoms with E-state index in [1.165, 1.54) is 11.4 Å². The highest BCUT2D eigenvalue weighted by molar-refractivity contribution is 7.80. The van der Waals surface area contributed by atoms with Gasteiger partial charge in [0.1, 0.15) is 0 Å². The van der Waals surface area contributed by atoms with Gasteiger partial charge in [0.2, 0.25) is 0 Å². The van der Waals surface area contributed by atoms with Crippen molar-refractivity contribution in [2.24, 2.45) is 0 Å². The molecule has 4 heterocycles. The maximum absolute atomic E-state index is 5.63. The molecule has 1 N–H and O–H groups in total. The first-order valence-electron chi connectivity index (χ1n) is 8.77. The Morgan fingerprint density at radius 3 is 2.69 bits per heavy atom. The van der Waals surface area contributed by atoms with Crippen LogP contribution >= 0.6 is 12.2 Å². The second-order valence-electron chi connectivity index (χ2n) is 6.36. The molecular weight excluding hydrogens is 342 g/mol. The fourth-order valence-electron chi connectivity index (χ4n) is 3.70. The zero-order chi connectivity index (χ0) is 18.1. The molecule has 1 saturated heterocycles. The van der Waals surface area contributed by atoms with Gasteiger partial charge < -0.3 is 14.8 Å². The molecule has 2 atom stereocenters. The predicted octanol–water partition coefficient (Wildman–Crippen LogP) is 3.57. The molecule has 0 spiro atoms. The van der Waals surface area contributed by atoms with Gasteiger partial charge in [0.15, 0.2) is 5.11 Å². The zero-order valence-corrected chi connectivity index (χ0v) is 15.6. The molecule has 3 aromatic rings. The normalized spacial score (nSPS) is 19.6. The van der Waals surface area contributed by atoms with Crippen LogP contribution < -0.4 is 5.32 Å². The van der Waals surface area contributed by atoms with Crippen LogP contribution in [-0.4, -0.2) is 31.1 Å². The van der Waals surface area contributed by atoms with Gasteiger partial charge in [0.25, 0.3) is 0 Å². The lowest BCUT2D eigenvalue weighted by Gasteiger charge is -2.28. The van der Waals surface area contributed by atoms with Crippen LogP contribution in [0.3, 0.4) is 0 Å². The lowest BCUT2D eigenvalue weighted by molar-refractivity contribution is 0.320. The molecule has 1 aliphatic rings. The summed E-state index contributed by atoms with van der Waals surface area (Å²) in [5.41, 5.74) is 4.40. The molecule has 0 aliphatic carbocycles. The Balaban J connectivity index is 1.85. The third-order valence-corrected chi connectivity index (χ3v) is 5.20. The van der Waals surface area contributed by atoms with Gasteiger partial charge in [0, 0.05) is 30.3 Å². The number of thiocarbonyl (C=S) groups is 1. The molecule has 0 saturated carbocycles. The molecule has 5 nitrogen and oxygen atoms in total. The van der Waals surface area contributed by atoms with Crippen LogP contribution in [0.2, 0.25) is 0 Å². The number of hydrogen-bond donors (Lipinski definition) is 1. The summed E-state index contributed by atoms with van der Waals surface area (Å²) in [6.07, 6.45) is 5.52. The number of hydrogen-bond acceptors (Lipinski definition) is 3. The van der Waals surface area contributed by atoms with Gasteiger partial charge in [0.05, 0.1) is 29.7 Å². The van der Waals surface area contributed by atoms with Crippen LogP contribution in [-0.2, 0) is 0 Å². The Kier molecular flexibility index (Phi) is 4.42.